The van der Waals surface area contributed by atoms with Crippen molar-refractivity contribution in [2.45, 2.75) is 0 Å². The Hall–Kier alpha value is -3.25. The second kappa shape index (κ2) is 6.24. The summed E-state index contributed by atoms with van der Waals surface area (Å²) in [4.78, 5) is 15.3. The number of fused-ring (bicyclic) bond motifs is 2. The Morgan fingerprint density at radius 3 is 2.69 bits per heavy atom. The van der Waals surface area contributed by atoms with Gasteiger partial charge in [-0.2, -0.15) is 4.98 Å². The SMILES string of the molecule is Cn1c(OC(N)=O)nc2cc(Oc3cccc4ccccc34)c(Cl)cc21. The van der Waals surface area contributed by atoms with Gasteiger partial charge in [0.25, 0.3) is 0 Å². The number of primary amides is 1. The van der Waals surface area contributed by atoms with Crippen LogP contribution in [0.15, 0.2) is 54.6 Å². The minimum Gasteiger partial charge on any atom is -0.455 e. The lowest BCUT2D eigenvalue weighted by Crippen LogP contribution is -2.18. The molecule has 3 aromatic carbocycles. The zero-order chi connectivity index (χ0) is 18.3. The van der Waals surface area contributed by atoms with Crippen molar-refractivity contribution in [3.8, 4) is 17.5 Å². The number of carbonyl (C=O) groups is 1. The topological polar surface area (TPSA) is 79.4 Å². The third-order valence-corrected chi connectivity index (χ3v) is 4.35. The Bertz CT molecular complexity index is 1150. The van der Waals surface area contributed by atoms with E-state index in [1.165, 1.54) is 0 Å². The highest BCUT2D eigenvalue weighted by Gasteiger charge is 2.15. The van der Waals surface area contributed by atoms with E-state index in [9.17, 15) is 4.79 Å². The quantitative estimate of drug-likeness (QED) is 0.572. The Labute approximate surface area is 153 Å². The predicted octanol–water partition coefficient (Wildman–Crippen LogP) is 4.63. The maximum Gasteiger partial charge on any atom is 0.412 e. The van der Waals surface area contributed by atoms with Crippen molar-refractivity contribution in [1.82, 2.24) is 9.55 Å². The summed E-state index contributed by atoms with van der Waals surface area (Å²) in [6, 6.07) is 17.2. The van der Waals surface area contributed by atoms with E-state index in [0.29, 0.717) is 27.6 Å². The highest BCUT2D eigenvalue weighted by Crippen LogP contribution is 2.36. The van der Waals surface area contributed by atoms with Crippen molar-refractivity contribution in [1.29, 1.82) is 0 Å². The third-order valence-electron chi connectivity index (χ3n) is 4.05. The molecule has 0 aliphatic rings. The van der Waals surface area contributed by atoms with Crippen LogP contribution in [0.5, 0.6) is 17.5 Å². The number of imidazole rings is 1. The maximum atomic E-state index is 11.0. The molecule has 0 unspecified atom stereocenters. The molecule has 0 saturated carbocycles. The molecule has 0 fully saturated rings. The maximum absolute atomic E-state index is 11.0. The van der Waals surface area contributed by atoms with Crippen LogP contribution in [-0.2, 0) is 7.05 Å². The molecule has 7 heteroatoms. The molecule has 4 aromatic rings. The lowest BCUT2D eigenvalue weighted by molar-refractivity contribution is 0.205. The molecule has 130 valence electrons. The van der Waals surface area contributed by atoms with Crippen LogP contribution in [0.3, 0.4) is 0 Å². The van der Waals surface area contributed by atoms with Gasteiger partial charge in [0.1, 0.15) is 11.5 Å². The van der Waals surface area contributed by atoms with E-state index < -0.39 is 6.09 Å². The van der Waals surface area contributed by atoms with E-state index in [4.69, 9.17) is 26.8 Å². The van der Waals surface area contributed by atoms with E-state index >= 15 is 0 Å². The minimum absolute atomic E-state index is 0.0888. The molecule has 1 heterocycles. The standard InChI is InChI=1S/C19H14ClN3O3/c1-23-15-9-13(20)17(10-14(15)22-19(23)26-18(21)24)25-16-8-4-6-11-5-2-3-7-12(11)16/h2-10H,1H3,(H2,21,24). The molecular weight excluding hydrogens is 354 g/mol. The number of nitrogens with two attached hydrogens (primary N) is 1. The number of hydrogen-bond acceptors (Lipinski definition) is 4. The molecule has 1 aromatic heterocycles. The van der Waals surface area contributed by atoms with Gasteiger partial charge in [0.05, 0.1) is 16.1 Å². The largest absolute Gasteiger partial charge is 0.455 e. The molecule has 1 amide bonds. The summed E-state index contributed by atoms with van der Waals surface area (Å²) >= 11 is 6.39. The van der Waals surface area contributed by atoms with Gasteiger partial charge in [0, 0.05) is 18.5 Å². The normalized spacial score (nSPS) is 11.0. The molecule has 0 radical (unpaired) electrons. The van der Waals surface area contributed by atoms with Gasteiger partial charge in [0.2, 0.25) is 0 Å². The molecule has 2 N–H and O–H groups in total. The van der Waals surface area contributed by atoms with Gasteiger partial charge in [-0.15, -0.1) is 0 Å². The van der Waals surface area contributed by atoms with Crippen LogP contribution in [0.1, 0.15) is 0 Å². The number of hydrogen-bond donors (Lipinski definition) is 1. The van der Waals surface area contributed by atoms with Gasteiger partial charge in [-0.3, -0.25) is 4.57 Å². The molecule has 0 saturated heterocycles. The van der Waals surface area contributed by atoms with Crippen LogP contribution < -0.4 is 15.2 Å². The average molecular weight is 368 g/mol. The molecule has 4 rings (SSSR count). The fraction of sp³-hybridized carbons (Fsp3) is 0.0526. The second-order valence-corrected chi connectivity index (χ2v) is 6.13. The summed E-state index contributed by atoms with van der Waals surface area (Å²) < 4.78 is 12.5. The van der Waals surface area contributed by atoms with Crippen molar-refractivity contribution in [2.24, 2.45) is 12.8 Å². The Morgan fingerprint density at radius 2 is 1.88 bits per heavy atom. The first-order valence-electron chi connectivity index (χ1n) is 7.82. The molecule has 0 spiro atoms. The molecule has 6 nitrogen and oxygen atoms in total. The zero-order valence-electron chi connectivity index (χ0n) is 13.8. The number of benzene rings is 3. The number of aryl methyl sites for hydroxylation is 1. The predicted molar refractivity (Wildman–Crippen MR) is 100.0 cm³/mol. The van der Waals surface area contributed by atoms with Crippen LogP contribution in [0.4, 0.5) is 4.79 Å². The molecular formula is C19H14ClN3O3. The first kappa shape index (κ1) is 16.2. The number of halogens is 1. The summed E-state index contributed by atoms with van der Waals surface area (Å²) in [6.45, 7) is 0. The highest BCUT2D eigenvalue weighted by molar-refractivity contribution is 6.32. The van der Waals surface area contributed by atoms with Crippen molar-refractivity contribution in [2.75, 3.05) is 0 Å². The number of ether oxygens (including phenoxy) is 2. The summed E-state index contributed by atoms with van der Waals surface area (Å²) in [5.41, 5.74) is 6.33. The molecule has 0 aliphatic heterocycles. The molecule has 0 bridgehead atoms. The van der Waals surface area contributed by atoms with Crippen LogP contribution in [-0.4, -0.2) is 15.6 Å². The van der Waals surface area contributed by atoms with Crippen LogP contribution in [0.25, 0.3) is 21.8 Å². The van der Waals surface area contributed by atoms with Crippen molar-refractivity contribution < 1.29 is 14.3 Å². The van der Waals surface area contributed by atoms with E-state index in [1.54, 1.807) is 23.7 Å². The Morgan fingerprint density at radius 1 is 1.12 bits per heavy atom. The van der Waals surface area contributed by atoms with Gasteiger partial charge < -0.3 is 15.2 Å². The highest BCUT2D eigenvalue weighted by atomic mass is 35.5. The van der Waals surface area contributed by atoms with Crippen LogP contribution in [0, 0.1) is 0 Å². The fourth-order valence-electron chi connectivity index (χ4n) is 2.83. The summed E-state index contributed by atoms with van der Waals surface area (Å²) in [5, 5.41) is 2.46. The van der Waals surface area contributed by atoms with Gasteiger partial charge in [-0.1, -0.05) is 48.0 Å². The lowest BCUT2D eigenvalue weighted by atomic mass is 10.1. The van der Waals surface area contributed by atoms with Crippen molar-refractivity contribution >= 4 is 39.5 Å². The van der Waals surface area contributed by atoms with Gasteiger partial charge >= 0.3 is 12.1 Å². The zero-order valence-corrected chi connectivity index (χ0v) is 14.5. The molecule has 26 heavy (non-hydrogen) atoms. The first-order valence-corrected chi connectivity index (χ1v) is 8.19. The monoisotopic (exact) mass is 367 g/mol. The Balaban J connectivity index is 1.79. The number of amides is 1. The van der Waals surface area contributed by atoms with Crippen LogP contribution in [0.2, 0.25) is 5.02 Å². The van der Waals surface area contributed by atoms with Crippen LogP contribution >= 0.6 is 11.6 Å². The van der Waals surface area contributed by atoms with E-state index in [1.807, 2.05) is 42.5 Å². The van der Waals surface area contributed by atoms with Crippen molar-refractivity contribution in [3.63, 3.8) is 0 Å². The second-order valence-electron chi connectivity index (χ2n) is 5.73. The van der Waals surface area contributed by atoms with Crippen molar-refractivity contribution in [3.05, 3.63) is 59.6 Å². The average Bonchev–Trinajstić information content (AvgIpc) is 2.90. The number of aromatic nitrogens is 2. The van der Waals surface area contributed by atoms with Gasteiger partial charge in [-0.05, 0) is 17.5 Å². The molecule has 0 atom stereocenters. The van der Waals surface area contributed by atoms with Gasteiger partial charge in [0.15, 0.2) is 0 Å². The summed E-state index contributed by atoms with van der Waals surface area (Å²) in [7, 11) is 1.70. The minimum atomic E-state index is -0.929. The fourth-order valence-corrected chi connectivity index (χ4v) is 3.03. The first-order chi connectivity index (χ1) is 12.5. The number of nitrogens with zero attached hydrogens (tertiary/aromatic N) is 2. The smallest absolute Gasteiger partial charge is 0.412 e. The Kier molecular flexibility index (Phi) is 3.89. The summed E-state index contributed by atoms with van der Waals surface area (Å²) in [5.74, 6) is 1.15. The third kappa shape index (κ3) is 2.80. The molecule has 0 aliphatic carbocycles. The van der Waals surface area contributed by atoms with E-state index in [0.717, 1.165) is 10.8 Å². The van der Waals surface area contributed by atoms with E-state index in [2.05, 4.69) is 4.98 Å². The lowest BCUT2D eigenvalue weighted by Gasteiger charge is -2.10. The number of rotatable bonds is 3. The van der Waals surface area contributed by atoms with Gasteiger partial charge in [-0.25, -0.2) is 4.79 Å². The number of carbonyl (C=O) groups excluding carboxylic acids is 1. The summed E-state index contributed by atoms with van der Waals surface area (Å²) in [6.07, 6.45) is -0.929. The van der Waals surface area contributed by atoms with E-state index in [-0.39, 0.29) is 6.01 Å².